The SMILES string of the molecule is CC(C)n1c(S[C@@H](C(=O)N2CCCC2)c2ccccc2)nc2ccccc2c1=O. The van der Waals surface area contributed by atoms with Crippen LogP contribution in [0.25, 0.3) is 10.9 Å². The molecule has 2 heterocycles. The Bertz CT molecular complexity index is 1070. The number of benzene rings is 2. The van der Waals surface area contributed by atoms with Gasteiger partial charge < -0.3 is 4.90 Å². The van der Waals surface area contributed by atoms with E-state index >= 15 is 0 Å². The van der Waals surface area contributed by atoms with Gasteiger partial charge in [0.2, 0.25) is 5.91 Å². The number of aromatic nitrogens is 2. The fourth-order valence-electron chi connectivity index (χ4n) is 3.76. The van der Waals surface area contributed by atoms with E-state index in [1.165, 1.54) is 11.8 Å². The number of hydrogen-bond acceptors (Lipinski definition) is 4. The fraction of sp³-hybridized carbons (Fsp3) is 0.348. The fourth-order valence-corrected chi connectivity index (χ4v) is 5.07. The first-order chi connectivity index (χ1) is 14.1. The highest BCUT2D eigenvalue weighted by Crippen LogP contribution is 2.37. The lowest BCUT2D eigenvalue weighted by Crippen LogP contribution is -2.32. The summed E-state index contributed by atoms with van der Waals surface area (Å²) in [5.74, 6) is 0.0939. The first-order valence-corrected chi connectivity index (χ1v) is 11.0. The van der Waals surface area contributed by atoms with Crippen LogP contribution in [0.5, 0.6) is 0 Å². The van der Waals surface area contributed by atoms with E-state index in [1.807, 2.05) is 73.3 Å². The molecule has 1 aliphatic heterocycles. The average Bonchev–Trinajstić information content (AvgIpc) is 3.27. The Morgan fingerprint density at radius 3 is 2.34 bits per heavy atom. The van der Waals surface area contributed by atoms with E-state index in [9.17, 15) is 9.59 Å². The van der Waals surface area contributed by atoms with Crippen LogP contribution in [0.3, 0.4) is 0 Å². The highest BCUT2D eigenvalue weighted by atomic mass is 32.2. The van der Waals surface area contributed by atoms with E-state index in [0.29, 0.717) is 16.1 Å². The van der Waals surface area contributed by atoms with Gasteiger partial charge in [-0.1, -0.05) is 54.2 Å². The van der Waals surface area contributed by atoms with Crippen LogP contribution in [0.1, 0.15) is 43.5 Å². The molecule has 1 amide bonds. The molecule has 6 heteroatoms. The smallest absolute Gasteiger partial charge is 0.262 e. The van der Waals surface area contributed by atoms with E-state index in [-0.39, 0.29) is 17.5 Å². The average molecular weight is 408 g/mol. The van der Waals surface area contributed by atoms with Gasteiger partial charge in [-0.15, -0.1) is 0 Å². The summed E-state index contributed by atoms with van der Waals surface area (Å²) in [5, 5.41) is 0.769. The Morgan fingerprint density at radius 2 is 1.66 bits per heavy atom. The molecule has 3 aromatic rings. The number of rotatable bonds is 5. The molecule has 0 aliphatic carbocycles. The summed E-state index contributed by atoms with van der Waals surface area (Å²) in [6, 6.07) is 17.1. The molecule has 5 nitrogen and oxygen atoms in total. The molecule has 29 heavy (non-hydrogen) atoms. The van der Waals surface area contributed by atoms with Crippen molar-refractivity contribution < 1.29 is 4.79 Å². The van der Waals surface area contributed by atoms with E-state index in [4.69, 9.17) is 4.98 Å². The lowest BCUT2D eigenvalue weighted by molar-refractivity contribution is -0.129. The second kappa shape index (κ2) is 8.41. The molecule has 1 saturated heterocycles. The van der Waals surface area contributed by atoms with Crippen molar-refractivity contribution in [3.63, 3.8) is 0 Å². The summed E-state index contributed by atoms with van der Waals surface area (Å²) in [4.78, 5) is 33.2. The van der Waals surface area contributed by atoms with Crippen LogP contribution >= 0.6 is 11.8 Å². The van der Waals surface area contributed by atoms with Gasteiger partial charge in [-0.25, -0.2) is 4.98 Å². The number of nitrogens with zero attached hydrogens (tertiary/aromatic N) is 3. The third-order valence-corrected chi connectivity index (χ3v) is 6.47. The third-order valence-electron chi connectivity index (χ3n) is 5.26. The molecular formula is C23H25N3O2S. The van der Waals surface area contributed by atoms with Gasteiger partial charge in [-0.05, 0) is 44.4 Å². The van der Waals surface area contributed by atoms with Crippen LogP contribution in [0.15, 0.2) is 64.5 Å². The molecule has 1 fully saturated rings. The zero-order valence-corrected chi connectivity index (χ0v) is 17.6. The van der Waals surface area contributed by atoms with E-state index < -0.39 is 5.25 Å². The Labute approximate surface area is 174 Å². The molecule has 150 valence electrons. The number of carbonyl (C=O) groups is 1. The molecular weight excluding hydrogens is 382 g/mol. The highest BCUT2D eigenvalue weighted by molar-refractivity contribution is 8.00. The number of amides is 1. The number of likely N-dealkylation sites (tertiary alicyclic amines) is 1. The van der Waals surface area contributed by atoms with Gasteiger partial charge in [0.25, 0.3) is 5.56 Å². The van der Waals surface area contributed by atoms with E-state index in [1.54, 1.807) is 4.57 Å². The van der Waals surface area contributed by atoms with Crippen LogP contribution in [0, 0.1) is 0 Å². The molecule has 0 spiro atoms. The molecule has 2 aromatic carbocycles. The van der Waals surface area contributed by atoms with Crippen molar-refractivity contribution in [2.45, 2.75) is 43.1 Å². The van der Waals surface area contributed by atoms with Gasteiger partial charge in [-0.3, -0.25) is 14.2 Å². The van der Waals surface area contributed by atoms with Crippen molar-refractivity contribution >= 4 is 28.6 Å². The first kappa shape index (κ1) is 19.7. The summed E-state index contributed by atoms with van der Waals surface area (Å²) in [6.45, 7) is 5.54. The molecule has 1 aliphatic rings. The van der Waals surface area contributed by atoms with Gasteiger partial charge in [0.05, 0.1) is 10.9 Å². The largest absolute Gasteiger partial charge is 0.341 e. The maximum Gasteiger partial charge on any atom is 0.262 e. The summed E-state index contributed by atoms with van der Waals surface area (Å²) in [5.41, 5.74) is 1.54. The Hall–Kier alpha value is -2.60. The Balaban J connectivity index is 1.81. The quantitative estimate of drug-likeness (QED) is 0.464. The van der Waals surface area contributed by atoms with Crippen molar-refractivity contribution in [3.05, 3.63) is 70.5 Å². The zero-order valence-electron chi connectivity index (χ0n) is 16.7. The molecule has 0 radical (unpaired) electrons. The zero-order chi connectivity index (χ0) is 20.4. The number of fused-ring (bicyclic) bond motifs is 1. The first-order valence-electron chi connectivity index (χ1n) is 10.1. The minimum atomic E-state index is -0.424. The molecule has 0 saturated carbocycles. The van der Waals surface area contributed by atoms with Crippen LogP contribution in [-0.4, -0.2) is 33.4 Å². The lowest BCUT2D eigenvalue weighted by Gasteiger charge is -2.24. The molecule has 1 atom stereocenters. The van der Waals surface area contributed by atoms with Crippen molar-refractivity contribution in [2.24, 2.45) is 0 Å². The Morgan fingerprint density at radius 1 is 1.00 bits per heavy atom. The van der Waals surface area contributed by atoms with Crippen molar-refractivity contribution in [1.82, 2.24) is 14.5 Å². The monoisotopic (exact) mass is 407 g/mol. The van der Waals surface area contributed by atoms with Crippen molar-refractivity contribution in [3.8, 4) is 0 Å². The predicted octanol–water partition coefficient (Wildman–Crippen LogP) is 4.43. The molecule has 0 bridgehead atoms. The van der Waals surface area contributed by atoms with Gasteiger partial charge in [0, 0.05) is 19.1 Å². The summed E-state index contributed by atoms with van der Waals surface area (Å²) >= 11 is 1.38. The predicted molar refractivity (Wildman–Crippen MR) is 117 cm³/mol. The van der Waals surface area contributed by atoms with Gasteiger partial charge in [0.15, 0.2) is 5.16 Å². The second-order valence-corrected chi connectivity index (χ2v) is 8.69. The van der Waals surface area contributed by atoms with Crippen molar-refractivity contribution in [1.29, 1.82) is 0 Å². The standard InChI is InChI=1S/C23H25N3O2S/c1-16(2)26-21(27)18-12-6-7-13-19(18)24-23(26)29-20(17-10-4-3-5-11-17)22(28)25-14-8-9-15-25/h3-7,10-13,16,20H,8-9,14-15H2,1-2H3/t20-/m1/s1. The lowest BCUT2D eigenvalue weighted by atomic mass is 10.1. The van der Waals surface area contributed by atoms with Gasteiger partial charge >= 0.3 is 0 Å². The van der Waals surface area contributed by atoms with Crippen LogP contribution in [-0.2, 0) is 4.79 Å². The minimum absolute atomic E-state index is 0.0552. The summed E-state index contributed by atoms with van der Waals surface area (Å²) in [7, 11) is 0. The second-order valence-electron chi connectivity index (χ2n) is 7.62. The summed E-state index contributed by atoms with van der Waals surface area (Å²) < 4.78 is 1.71. The number of carbonyl (C=O) groups excluding carboxylic acids is 1. The number of hydrogen-bond donors (Lipinski definition) is 0. The maximum atomic E-state index is 13.4. The van der Waals surface area contributed by atoms with Crippen LogP contribution in [0.2, 0.25) is 0 Å². The maximum absolute atomic E-state index is 13.4. The minimum Gasteiger partial charge on any atom is -0.341 e. The van der Waals surface area contributed by atoms with E-state index in [0.717, 1.165) is 31.5 Å². The normalized spacial score (nSPS) is 15.2. The molecule has 0 N–H and O–H groups in total. The number of thioether (sulfide) groups is 1. The topological polar surface area (TPSA) is 55.2 Å². The third kappa shape index (κ3) is 3.94. The van der Waals surface area contributed by atoms with E-state index in [2.05, 4.69) is 0 Å². The highest BCUT2D eigenvalue weighted by Gasteiger charge is 2.30. The van der Waals surface area contributed by atoms with Gasteiger partial charge in [0.1, 0.15) is 5.25 Å². The molecule has 4 rings (SSSR count). The van der Waals surface area contributed by atoms with Gasteiger partial charge in [-0.2, -0.15) is 0 Å². The molecule has 0 unspecified atom stereocenters. The van der Waals surface area contributed by atoms with Crippen LogP contribution in [0.4, 0.5) is 0 Å². The molecule has 1 aromatic heterocycles. The van der Waals surface area contributed by atoms with Crippen molar-refractivity contribution in [2.75, 3.05) is 13.1 Å². The Kier molecular flexibility index (Phi) is 5.72. The summed E-state index contributed by atoms with van der Waals surface area (Å²) in [6.07, 6.45) is 2.09. The van der Waals surface area contributed by atoms with Crippen LogP contribution < -0.4 is 5.56 Å². The number of para-hydroxylation sites is 1.